The van der Waals surface area contributed by atoms with Crippen LogP contribution in [-0.4, -0.2) is 35.1 Å². The molecule has 0 radical (unpaired) electrons. The van der Waals surface area contributed by atoms with Crippen molar-refractivity contribution in [3.05, 3.63) is 82.4 Å². The van der Waals surface area contributed by atoms with Crippen molar-refractivity contribution >= 4 is 22.3 Å². The minimum atomic E-state index is -4.81. The minimum absolute atomic E-state index is 0.0345. The molecule has 162 valence electrons. The Morgan fingerprint density at radius 1 is 0.938 bits per heavy atom. The van der Waals surface area contributed by atoms with Crippen LogP contribution in [0.3, 0.4) is 0 Å². The van der Waals surface area contributed by atoms with Gasteiger partial charge in [0.15, 0.2) is 5.60 Å². The lowest BCUT2D eigenvalue weighted by molar-refractivity contribution is 0.0224. The van der Waals surface area contributed by atoms with Crippen molar-refractivity contribution in [2.75, 3.05) is 0 Å². The quantitative estimate of drug-likeness (QED) is 0.395. The summed E-state index contributed by atoms with van der Waals surface area (Å²) in [4.78, 5) is 24.2. The van der Waals surface area contributed by atoms with Gasteiger partial charge in [0.2, 0.25) is 0 Å². The Hall–Kier alpha value is -4.09. The summed E-state index contributed by atoms with van der Waals surface area (Å²) < 4.78 is 47.3. The van der Waals surface area contributed by atoms with E-state index >= 15 is 0 Å². The predicted molar refractivity (Wildman–Crippen MR) is 105 cm³/mol. The number of esters is 1. The van der Waals surface area contributed by atoms with E-state index in [4.69, 9.17) is 14.0 Å². The highest BCUT2D eigenvalue weighted by atomic mass is 32.3. The monoisotopic (exact) mass is 456 g/mol. The average Bonchev–Trinajstić information content (AvgIpc) is 2.99. The van der Waals surface area contributed by atoms with Crippen LogP contribution in [-0.2, 0) is 20.7 Å². The summed E-state index contributed by atoms with van der Waals surface area (Å²) in [5.74, 6) is -2.24. The Bertz CT molecular complexity index is 1440. The van der Waals surface area contributed by atoms with E-state index in [9.17, 15) is 28.2 Å². The Kier molecular flexibility index (Phi) is 4.00. The number of benzene rings is 3. The van der Waals surface area contributed by atoms with Crippen LogP contribution in [0, 0.1) is 0 Å². The third kappa shape index (κ3) is 2.87. The first-order valence-corrected chi connectivity index (χ1v) is 10.4. The van der Waals surface area contributed by atoms with Crippen LogP contribution in [0.4, 0.5) is 0 Å². The van der Waals surface area contributed by atoms with Gasteiger partial charge in [-0.15, -0.1) is 0 Å². The standard InChI is InChI=1S/C21H12O10S/c22-11-2-5-15-17(8-11)29-18-9-12(31-32(26,27)28)3-6-16(18)21(15)14-4-1-10(19(23)24)7-13(14)20(25)30-21/h1-9,22H,(H,23,24)(H,26,27,28). The van der Waals surface area contributed by atoms with Gasteiger partial charge in [-0.05, 0) is 36.4 Å². The van der Waals surface area contributed by atoms with Crippen molar-refractivity contribution in [2.24, 2.45) is 0 Å². The molecule has 3 N–H and O–H groups in total. The maximum absolute atomic E-state index is 12.8. The maximum Gasteiger partial charge on any atom is 0.446 e. The lowest BCUT2D eigenvalue weighted by Gasteiger charge is -2.36. The van der Waals surface area contributed by atoms with Crippen LogP contribution < -0.4 is 8.92 Å². The molecule has 0 amide bonds. The highest BCUT2D eigenvalue weighted by Crippen LogP contribution is 2.57. The van der Waals surface area contributed by atoms with E-state index in [0.29, 0.717) is 16.7 Å². The summed E-state index contributed by atoms with van der Waals surface area (Å²) >= 11 is 0. The first-order chi connectivity index (χ1) is 15.1. The molecule has 1 spiro atoms. The number of hydrogen-bond acceptors (Lipinski definition) is 8. The Morgan fingerprint density at radius 3 is 2.28 bits per heavy atom. The lowest BCUT2D eigenvalue weighted by Crippen LogP contribution is -2.33. The number of phenols is 1. The van der Waals surface area contributed by atoms with Crippen LogP contribution in [0.2, 0.25) is 0 Å². The number of carboxylic acid groups (broad SMARTS) is 1. The molecule has 0 aliphatic carbocycles. The molecule has 0 saturated heterocycles. The molecule has 0 bridgehead atoms. The lowest BCUT2D eigenvalue weighted by atomic mass is 9.77. The van der Waals surface area contributed by atoms with Crippen LogP contribution in [0.1, 0.15) is 37.4 Å². The first-order valence-electron chi connectivity index (χ1n) is 9.02. The normalized spacial score (nSPS) is 18.2. The van der Waals surface area contributed by atoms with E-state index in [-0.39, 0.29) is 34.1 Å². The number of carbonyl (C=O) groups excluding carboxylic acids is 1. The number of ether oxygens (including phenoxy) is 2. The van der Waals surface area contributed by atoms with Gasteiger partial charge < -0.3 is 23.9 Å². The van der Waals surface area contributed by atoms with Gasteiger partial charge in [-0.2, -0.15) is 8.42 Å². The van der Waals surface area contributed by atoms with Crippen molar-refractivity contribution in [3.63, 3.8) is 0 Å². The van der Waals surface area contributed by atoms with Gasteiger partial charge in [-0.25, -0.2) is 9.59 Å². The summed E-state index contributed by atoms with van der Waals surface area (Å²) in [5, 5.41) is 19.2. The Labute approximate surface area is 180 Å². The van der Waals surface area contributed by atoms with Crippen molar-refractivity contribution in [1.29, 1.82) is 0 Å². The second-order valence-electron chi connectivity index (χ2n) is 7.09. The van der Waals surface area contributed by atoms with Crippen molar-refractivity contribution in [3.8, 4) is 23.0 Å². The smallest absolute Gasteiger partial charge is 0.446 e. The largest absolute Gasteiger partial charge is 0.508 e. The molecule has 11 heteroatoms. The second-order valence-corrected chi connectivity index (χ2v) is 8.11. The molecule has 3 aromatic rings. The number of aromatic hydroxyl groups is 1. The number of aromatic carboxylic acids is 1. The fourth-order valence-electron chi connectivity index (χ4n) is 4.00. The molecular formula is C21H12O10S. The van der Waals surface area contributed by atoms with Crippen molar-refractivity contribution < 1.29 is 46.4 Å². The van der Waals surface area contributed by atoms with Gasteiger partial charge in [0.25, 0.3) is 0 Å². The van der Waals surface area contributed by atoms with E-state index in [1.54, 1.807) is 0 Å². The number of hydrogen-bond donors (Lipinski definition) is 3. The Balaban J connectivity index is 1.79. The Morgan fingerprint density at radius 2 is 1.59 bits per heavy atom. The van der Waals surface area contributed by atoms with Gasteiger partial charge in [0.1, 0.15) is 23.0 Å². The van der Waals surface area contributed by atoms with E-state index in [2.05, 4.69) is 4.18 Å². The van der Waals surface area contributed by atoms with Gasteiger partial charge in [0.05, 0.1) is 11.1 Å². The summed E-state index contributed by atoms with van der Waals surface area (Å²) in [7, 11) is -4.81. The van der Waals surface area contributed by atoms with E-state index < -0.39 is 27.9 Å². The SMILES string of the molecule is O=C(O)c1ccc2c(c1)C(=O)OC21c2ccc(O)cc2Oc2cc(OS(=O)(=O)O)ccc21. The maximum atomic E-state index is 12.8. The molecule has 32 heavy (non-hydrogen) atoms. The topological polar surface area (TPSA) is 157 Å². The van der Waals surface area contributed by atoms with E-state index in [1.165, 1.54) is 54.6 Å². The fourth-order valence-corrected chi connectivity index (χ4v) is 4.35. The number of rotatable bonds is 3. The molecule has 2 aliphatic heterocycles. The zero-order valence-corrected chi connectivity index (χ0v) is 16.6. The predicted octanol–water partition coefficient (Wildman–Crippen LogP) is 2.84. The third-order valence-corrected chi connectivity index (χ3v) is 5.61. The van der Waals surface area contributed by atoms with Gasteiger partial charge >= 0.3 is 22.3 Å². The number of phenolic OH excluding ortho intramolecular Hbond substituents is 1. The molecule has 5 rings (SSSR count). The molecule has 0 fully saturated rings. The van der Waals surface area contributed by atoms with Crippen molar-refractivity contribution in [1.82, 2.24) is 0 Å². The molecule has 0 aromatic heterocycles. The number of fused-ring (bicyclic) bond motifs is 6. The minimum Gasteiger partial charge on any atom is -0.508 e. The van der Waals surface area contributed by atoms with Crippen molar-refractivity contribution in [2.45, 2.75) is 5.60 Å². The molecule has 1 atom stereocenters. The molecule has 3 aromatic carbocycles. The van der Waals surface area contributed by atoms with E-state index in [0.717, 1.165) is 0 Å². The highest BCUT2D eigenvalue weighted by Gasteiger charge is 2.53. The zero-order chi connectivity index (χ0) is 22.8. The summed E-state index contributed by atoms with van der Waals surface area (Å²) in [6.07, 6.45) is 0. The number of carboxylic acids is 1. The van der Waals surface area contributed by atoms with Gasteiger partial charge in [0, 0.05) is 28.8 Å². The molecule has 10 nitrogen and oxygen atoms in total. The van der Waals surface area contributed by atoms with Crippen LogP contribution in [0.25, 0.3) is 0 Å². The molecule has 1 unspecified atom stereocenters. The number of carbonyl (C=O) groups is 2. The van der Waals surface area contributed by atoms with E-state index in [1.807, 2.05) is 0 Å². The molecule has 2 heterocycles. The molecular weight excluding hydrogens is 444 g/mol. The molecule has 2 aliphatic rings. The van der Waals surface area contributed by atoms with Gasteiger partial charge in [-0.1, -0.05) is 6.07 Å². The third-order valence-electron chi connectivity index (χ3n) is 5.21. The zero-order valence-electron chi connectivity index (χ0n) is 15.8. The fraction of sp³-hybridized carbons (Fsp3) is 0.0476. The summed E-state index contributed by atoms with van der Waals surface area (Å²) in [5.41, 5.74) is -0.623. The second kappa shape index (κ2) is 6.45. The molecule has 0 saturated carbocycles. The first kappa shape index (κ1) is 19.8. The highest BCUT2D eigenvalue weighted by molar-refractivity contribution is 7.81. The summed E-state index contributed by atoms with van der Waals surface area (Å²) in [6.45, 7) is 0. The van der Waals surface area contributed by atoms with Crippen LogP contribution in [0.5, 0.6) is 23.0 Å². The summed E-state index contributed by atoms with van der Waals surface area (Å²) in [6, 6.07) is 12.0. The average molecular weight is 456 g/mol. The van der Waals surface area contributed by atoms with Crippen LogP contribution >= 0.6 is 0 Å². The van der Waals surface area contributed by atoms with Crippen LogP contribution in [0.15, 0.2) is 54.6 Å². The van der Waals surface area contributed by atoms with Gasteiger partial charge in [-0.3, -0.25) is 4.55 Å².